The molecule has 0 aromatic heterocycles. The second kappa shape index (κ2) is 6.29. The molecule has 0 bridgehead atoms. The average molecular weight is 263 g/mol. The molecule has 0 aliphatic rings. The molecule has 0 fully saturated rings. The summed E-state index contributed by atoms with van der Waals surface area (Å²) < 4.78 is 31.4. The second-order valence-electron chi connectivity index (χ2n) is 4.24. The van der Waals surface area contributed by atoms with Crippen LogP contribution in [-0.2, 0) is 17.8 Å². The summed E-state index contributed by atoms with van der Waals surface area (Å²) in [6.45, 7) is 0.559. The van der Waals surface area contributed by atoms with Gasteiger partial charge in [-0.15, -0.1) is 0 Å². The van der Waals surface area contributed by atoms with Gasteiger partial charge in [-0.05, 0) is 24.1 Å². The molecule has 0 unspecified atom stereocenters. The Morgan fingerprint density at radius 1 is 1.00 bits per heavy atom. The van der Waals surface area contributed by atoms with Crippen molar-refractivity contribution in [2.45, 2.75) is 13.0 Å². The van der Waals surface area contributed by atoms with Gasteiger partial charge in [-0.3, -0.25) is 0 Å². The molecule has 0 radical (unpaired) electrons. The van der Waals surface area contributed by atoms with E-state index in [0.29, 0.717) is 18.6 Å². The normalized spacial score (nSPS) is 10.6. The summed E-state index contributed by atoms with van der Waals surface area (Å²) in [6.07, 6.45) is 0.662. The van der Waals surface area contributed by atoms with Gasteiger partial charge in [0, 0.05) is 17.3 Å². The number of nitrogen functional groups attached to an aromatic ring is 1. The van der Waals surface area contributed by atoms with Crippen LogP contribution in [0.3, 0.4) is 0 Å². The third kappa shape index (κ3) is 3.76. The average Bonchev–Trinajstić information content (AvgIpc) is 2.38. The van der Waals surface area contributed by atoms with Crippen LogP contribution in [0.25, 0.3) is 0 Å². The molecular formula is C15H15F2NO. The lowest BCUT2D eigenvalue weighted by molar-refractivity contribution is 0.121. The highest BCUT2D eigenvalue weighted by Crippen LogP contribution is 2.13. The molecule has 19 heavy (non-hydrogen) atoms. The van der Waals surface area contributed by atoms with Crippen LogP contribution in [0, 0.1) is 11.6 Å². The van der Waals surface area contributed by atoms with E-state index in [1.807, 2.05) is 24.3 Å². The van der Waals surface area contributed by atoms with Crippen LogP contribution >= 0.6 is 0 Å². The van der Waals surface area contributed by atoms with Gasteiger partial charge in [-0.2, -0.15) is 0 Å². The molecule has 0 atom stereocenters. The number of benzene rings is 2. The Kier molecular flexibility index (Phi) is 4.47. The first kappa shape index (κ1) is 13.5. The molecule has 2 nitrogen and oxygen atoms in total. The Hall–Kier alpha value is -1.94. The largest absolute Gasteiger partial charge is 0.399 e. The van der Waals surface area contributed by atoms with Crippen molar-refractivity contribution < 1.29 is 13.5 Å². The van der Waals surface area contributed by atoms with Crippen LogP contribution in [0.2, 0.25) is 0 Å². The summed E-state index contributed by atoms with van der Waals surface area (Å²) in [5, 5.41) is 0. The number of rotatable bonds is 5. The summed E-state index contributed by atoms with van der Waals surface area (Å²) in [4.78, 5) is 0. The lowest BCUT2D eigenvalue weighted by Gasteiger charge is -2.07. The third-order valence-electron chi connectivity index (χ3n) is 2.84. The lowest BCUT2D eigenvalue weighted by atomic mass is 10.1. The van der Waals surface area contributed by atoms with Crippen LogP contribution in [0.4, 0.5) is 14.5 Å². The monoisotopic (exact) mass is 263 g/mol. The van der Waals surface area contributed by atoms with Crippen molar-refractivity contribution in [1.29, 1.82) is 0 Å². The third-order valence-corrected chi connectivity index (χ3v) is 2.84. The highest BCUT2D eigenvalue weighted by molar-refractivity contribution is 5.46. The van der Waals surface area contributed by atoms with Crippen molar-refractivity contribution in [2.24, 2.45) is 0 Å². The molecule has 0 saturated heterocycles. The first-order valence-corrected chi connectivity index (χ1v) is 6.02. The number of hydrogen-bond donors (Lipinski definition) is 1. The minimum absolute atomic E-state index is 0.124. The first-order chi connectivity index (χ1) is 9.16. The van der Waals surface area contributed by atoms with E-state index in [1.165, 1.54) is 12.1 Å². The molecule has 0 aliphatic heterocycles. The van der Waals surface area contributed by atoms with Crippen molar-refractivity contribution in [1.82, 2.24) is 0 Å². The molecular weight excluding hydrogens is 248 g/mol. The zero-order valence-electron chi connectivity index (χ0n) is 10.4. The predicted octanol–water partition coefficient (Wildman–Crippen LogP) is 3.31. The molecule has 2 aromatic rings. The number of nitrogens with two attached hydrogens (primary N) is 1. The fourth-order valence-electron chi connectivity index (χ4n) is 1.76. The number of para-hydroxylation sites is 1. The van der Waals surface area contributed by atoms with Crippen molar-refractivity contribution in [2.75, 3.05) is 12.3 Å². The molecule has 0 saturated carbocycles. The minimum atomic E-state index is -0.585. The summed E-state index contributed by atoms with van der Waals surface area (Å²) >= 11 is 0. The molecule has 100 valence electrons. The fourth-order valence-corrected chi connectivity index (χ4v) is 1.76. The molecule has 0 heterocycles. The quantitative estimate of drug-likeness (QED) is 0.663. The molecule has 4 heteroatoms. The molecule has 0 spiro atoms. The van der Waals surface area contributed by atoms with Gasteiger partial charge in [0.2, 0.25) is 0 Å². The van der Waals surface area contributed by atoms with Gasteiger partial charge in [-0.25, -0.2) is 8.78 Å². The van der Waals surface area contributed by atoms with Gasteiger partial charge in [0.1, 0.15) is 11.6 Å². The number of anilines is 1. The van der Waals surface area contributed by atoms with E-state index in [-0.39, 0.29) is 6.61 Å². The Morgan fingerprint density at radius 3 is 2.53 bits per heavy atom. The SMILES string of the molecule is Nc1ccccc1CCOCc1ccc(F)cc1F. The maximum absolute atomic E-state index is 13.3. The minimum Gasteiger partial charge on any atom is -0.399 e. The van der Waals surface area contributed by atoms with E-state index >= 15 is 0 Å². The highest BCUT2D eigenvalue weighted by Gasteiger charge is 2.04. The van der Waals surface area contributed by atoms with Crippen LogP contribution in [0.15, 0.2) is 42.5 Å². The van der Waals surface area contributed by atoms with Crippen molar-refractivity contribution in [3.8, 4) is 0 Å². The maximum atomic E-state index is 13.3. The van der Waals surface area contributed by atoms with E-state index in [2.05, 4.69) is 0 Å². The van der Waals surface area contributed by atoms with Gasteiger partial charge < -0.3 is 10.5 Å². The molecule has 0 aliphatic carbocycles. The Balaban J connectivity index is 1.83. The van der Waals surface area contributed by atoms with E-state index in [9.17, 15) is 8.78 Å². The zero-order valence-corrected chi connectivity index (χ0v) is 10.4. The van der Waals surface area contributed by atoms with Crippen LogP contribution in [-0.4, -0.2) is 6.61 Å². The van der Waals surface area contributed by atoms with Crippen LogP contribution < -0.4 is 5.73 Å². The molecule has 2 N–H and O–H groups in total. The number of halogens is 2. The summed E-state index contributed by atoms with van der Waals surface area (Å²) in [7, 11) is 0. The summed E-state index contributed by atoms with van der Waals surface area (Å²) in [5.41, 5.74) is 7.87. The van der Waals surface area contributed by atoms with E-state index in [0.717, 1.165) is 17.3 Å². The van der Waals surface area contributed by atoms with Crippen LogP contribution in [0.1, 0.15) is 11.1 Å². The Labute approximate surface area is 110 Å². The lowest BCUT2D eigenvalue weighted by Crippen LogP contribution is -2.03. The highest BCUT2D eigenvalue weighted by atomic mass is 19.1. The van der Waals surface area contributed by atoms with Crippen molar-refractivity contribution in [3.05, 3.63) is 65.2 Å². The molecule has 2 rings (SSSR count). The Morgan fingerprint density at radius 2 is 1.79 bits per heavy atom. The summed E-state index contributed by atoms with van der Waals surface area (Å²) in [6, 6.07) is 11.0. The van der Waals surface area contributed by atoms with Gasteiger partial charge in [0.05, 0.1) is 13.2 Å². The maximum Gasteiger partial charge on any atom is 0.131 e. The molecule has 2 aromatic carbocycles. The number of ether oxygens (including phenoxy) is 1. The van der Waals surface area contributed by atoms with E-state index in [4.69, 9.17) is 10.5 Å². The first-order valence-electron chi connectivity index (χ1n) is 6.02. The predicted molar refractivity (Wildman–Crippen MR) is 70.6 cm³/mol. The van der Waals surface area contributed by atoms with Crippen LogP contribution in [0.5, 0.6) is 0 Å². The van der Waals surface area contributed by atoms with Crippen molar-refractivity contribution in [3.63, 3.8) is 0 Å². The smallest absolute Gasteiger partial charge is 0.131 e. The van der Waals surface area contributed by atoms with Gasteiger partial charge >= 0.3 is 0 Å². The van der Waals surface area contributed by atoms with Gasteiger partial charge in [0.25, 0.3) is 0 Å². The number of hydrogen-bond acceptors (Lipinski definition) is 2. The van der Waals surface area contributed by atoms with Gasteiger partial charge in [0.15, 0.2) is 0 Å². The summed E-state index contributed by atoms with van der Waals surface area (Å²) in [5.74, 6) is -1.17. The standard InChI is InChI=1S/C15H15F2NO/c16-13-6-5-12(14(17)9-13)10-19-8-7-11-3-1-2-4-15(11)18/h1-6,9H,7-8,10,18H2. The van der Waals surface area contributed by atoms with E-state index in [1.54, 1.807) is 0 Å². The topological polar surface area (TPSA) is 35.2 Å². The second-order valence-corrected chi connectivity index (χ2v) is 4.24. The van der Waals surface area contributed by atoms with Crippen molar-refractivity contribution >= 4 is 5.69 Å². The Bertz CT molecular complexity index is 558. The fraction of sp³-hybridized carbons (Fsp3) is 0.200. The van der Waals surface area contributed by atoms with Gasteiger partial charge in [-0.1, -0.05) is 24.3 Å². The van der Waals surface area contributed by atoms with E-state index < -0.39 is 11.6 Å². The zero-order chi connectivity index (χ0) is 13.7. The molecule has 0 amide bonds.